The number of alkyl halides is 3. The highest BCUT2D eigenvalue weighted by Crippen LogP contribution is 2.41. The van der Waals surface area contributed by atoms with E-state index in [2.05, 4.69) is 15.2 Å². The highest BCUT2D eigenvalue weighted by atomic mass is 35.5. The van der Waals surface area contributed by atoms with Crippen LogP contribution in [0.1, 0.15) is 5.69 Å². The van der Waals surface area contributed by atoms with Gasteiger partial charge in [-0.2, -0.15) is 13.2 Å². The van der Waals surface area contributed by atoms with Gasteiger partial charge >= 0.3 is 11.8 Å². The zero-order chi connectivity index (χ0) is 21.9. The highest BCUT2D eigenvalue weighted by molar-refractivity contribution is 6.33. The Hall–Kier alpha value is -3.73. The van der Waals surface area contributed by atoms with Crippen LogP contribution in [0.25, 0.3) is 39.0 Å². The lowest BCUT2D eigenvalue weighted by molar-refractivity contribution is -0.141. The molecule has 0 spiro atoms. The fraction of sp³-hybridized carbons (Fsp3) is 0.0526. The molecule has 1 aromatic carbocycles. The molecule has 4 heterocycles. The molecular formula is C19H7ClF4N4O3. The van der Waals surface area contributed by atoms with E-state index in [1.54, 1.807) is 0 Å². The molecule has 0 aliphatic rings. The van der Waals surface area contributed by atoms with E-state index in [4.69, 9.17) is 20.5 Å². The van der Waals surface area contributed by atoms with Crippen LogP contribution in [0.3, 0.4) is 0 Å². The summed E-state index contributed by atoms with van der Waals surface area (Å²) in [6.45, 7) is 0. The van der Waals surface area contributed by atoms with Crippen LogP contribution in [-0.2, 0) is 6.18 Å². The first kappa shape index (κ1) is 19.2. The zero-order valence-corrected chi connectivity index (χ0v) is 15.7. The molecule has 4 aromatic heterocycles. The maximum Gasteiger partial charge on any atom is 0.434 e. The lowest BCUT2D eigenvalue weighted by Gasteiger charge is -2.10. The second-order valence-corrected chi connectivity index (χ2v) is 6.77. The summed E-state index contributed by atoms with van der Waals surface area (Å²) in [6.07, 6.45) is -2.37. The minimum atomic E-state index is -4.92. The molecule has 0 amide bonds. The number of hydrogen-bond donors (Lipinski definition) is 0. The lowest BCUT2D eigenvalue weighted by atomic mass is 10.1. The van der Waals surface area contributed by atoms with E-state index in [0.717, 1.165) is 6.07 Å². The van der Waals surface area contributed by atoms with Crippen LogP contribution in [0, 0.1) is 5.82 Å². The Labute approximate surface area is 173 Å². The number of pyridine rings is 1. The molecule has 0 N–H and O–H groups in total. The molecule has 0 unspecified atom stereocenters. The van der Waals surface area contributed by atoms with Crippen molar-refractivity contribution in [2.24, 2.45) is 0 Å². The molecular weight excluding hydrogens is 444 g/mol. The smallest absolute Gasteiger partial charge is 0.401 e. The van der Waals surface area contributed by atoms with Crippen LogP contribution in [-0.4, -0.2) is 19.9 Å². The van der Waals surface area contributed by atoms with E-state index in [9.17, 15) is 22.4 Å². The van der Waals surface area contributed by atoms with Gasteiger partial charge in [0.05, 0.1) is 16.3 Å². The van der Waals surface area contributed by atoms with E-state index >= 15 is 0 Å². The Balaban J connectivity index is 1.93. The predicted molar refractivity (Wildman–Crippen MR) is 100 cm³/mol. The van der Waals surface area contributed by atoms with Gasteiger partial charge in [0.2, 0.25) is 0 Å². The van der Waals surface area contributed by atoms with E-state index in [1.165, 1.54) is 36.7 Å². The summed E-state index contributed by atoms with van der Waals surface area (Å²) in [6, 6.07) is 6.31. The average Bonchev–Trinajstić information content (AvgIpc) is 3.31. The van der Waals surface area contributed by atoms with Gasteiger partial charge in [0.25, 0.3) is 5.71 Å². The first-order valence-corrected chi connectivity index (χ1v) is 8.92. The standard InChI is InChI=1S/C19H7ClF4N4O3/c20-9-2-1-3-10(21)11(9)14-12-15(31-27-14)13-16(19(22,23)24)28(8-4-6-25-7-5-8)26-17(13)30-18(12)29/h1-7H. The SMILES string of the molecule is O=c1oc2nn(-c3ccncc3)c(C(F)(F)F)c2c2onc(-c3c(F)cccc3Cl)c12. The number of aromatic nitrogens is 4. The molecule has 5 aromatic rings. The van der Waals surface area contributed by atoms with E-state index < -0.39 is 45.4 Å². The van der Waals surface area contributed by atoms with Gasteiger partial charge in [0.1, 0.15) is 22.3 Å². The van der Waals surface area contributed by atoms with Crippen molar-refractivity contribution in [2.45, 2.75) is 6.18 Å². The summed E-state index contributed by atoms with van der Waals surface area (Å²) in [7, 11) is 0. The van der Waals surface area contributed by atoms with Gasteiger partial charge in [-0.05, 0) is 24.3 Å². The van der Waals surface area contributed by atoms with Gasteiger partial charge in [-0.3, -0.25) is 4.98 Å². The average molecular weight is 451 g/mol. The highest BCUT2D eigenvalue weighted by Gasteiger charge is 2.41. The molecule has 0 saturated heterocycles. The predicted octanol–water partition coefficient (Wildman–Crippen LogP) is 4.99. The van der Waals surface area contributed by atoms with E-state index in [-0.39, 0.29) is 22.0 Å². The molecule has 12 heteroatoms. The molecule has 0 saturated carbocycles. The first-order valence-electron chi connectivity index (χ1n) is 8.54. The molecule has 0 bridgehead atoms. The molecule has 31 heavy (non-hydrogen) atoms. The third kappa shape index (κ3) is 2.88. The van der Waals surface area contributed by atoms with E-state index in [0.29, 0.717) is 4.68 Å². The summed E-state index contributed by atoms with van der Waals surface area (Å²) in [5.74, 6) is -0.842. The Kier molecular flexibility index (Phi) is 4.12. The third-order valence-electron chi connectivity index (χ3n) is 4.54. The van der Waals surface area contributed by atoms with Crippen molar-refractivity contribution in [2.75, 3.05) is 0 Å². The monoisotopic (exact) mass is 450 g/mol. The maximum absolute atomic E-state index is 14.4. The van der Waals surface area contributed by atoms with Crippen LogP contribution >= 0.6 is 11.6 Å². The van der Waals surface area contributed by atoms with Gasteiger partial charge in [0, 0.05) is 12.4 Å². The van der Waals surface area contributed by atoms with Gasteiger partial charge in [-0.25, -0.2) is 13.9 Å². The third-order valence-corrected chi connectivity index (χ3v) is 4.86. The molecule has 0 fully saturated rings. The summed E-state index contributed by atoms with van der Waals surface area (Å²) in [5, 5.41) is 6.19. The van der Waals surface area contributed by atoms with Crippen LogP contribution in [0.15, 0.2) is 56.5 Å². The zero-order valence-electron chi connectivity index (χ0n) is 14.9. The van der Waals surface area contributed by atoms with Crippen molar-refractivity contribution in [3.05, 3.63) is 69.7 Å². The van der Waals surface area contributed by atoms with Crippen molar-refractivity contribution in [3.63, 3.8) is 0 Å². The van der Waals surface area contributed by atoms with Crippen LogP contribution in [0.2, 0.25) is 5.02 Å². The van der Waals surface area contributed by atoms with Crippen LogP contribution in [0.5, 0.6) is 0 Å². The fourth-order valence-electron chi connectivity index (χ4n) is 3.29. The fourth-order valence-corrected chi connectivity index (χ4v) is 3.54. The van der Waals surface area contributed by atoms with Gasteiger partial charge in [-0.15, -0.1) is 5.10 Å². The topological polar surface area (TPSA) is 87.0 Å². The van der Waals surface area contributed by atoms with Crippen LogP contribution in [0.4, 0.5) is 17.6 Å². The minimum Gasteiger partial charge on any atom is -0.401 e. The second-order valence-electron chi connectivity index (χ2n) is 6.37. The van der Waals surface area contributed by atoms with Crippen LogP contribution < -0.4 is 5.63 Å². The normalized spacial score (nSPS) is 12.2. The largest absolute Gasteiger partial charge is 0.434 e. The first-order chi connectivity index (χ1) is 14.8. The molecule has 7 nitrogen and oxygen atoms in total. The second kappa shape index (κ2) is 6.64. The molecule has 156 valence electrons. The molecule has 0 atom stereocenters. The summed E-state index contributed by atoms with van der Waals surface area (Å²) in [4.78, 5) is 16.4. The summed E-state index contributed by atoms with van der Waals surface area (Å²) >= 11 is 6.02. The van der Waals surface area contributed by atoms with Crippen molar-refractivity contribution >= 4 is 33.7 Å². The maximum atomic E-state index is 14.4. The summed E-state index contributed by atoms with van der Waals surface area (Å²) in [5.41, 5.74) is -4.19. The molecule has 5 rings (SSSR count). The minimum absolute atomic E-state index is 0.0196. The number of halogens is 5. The van der Waals surface area contributed by atoms with E-state index in [1.807, 2.05) is 0 Å². The van der Waals surface area contributed by atoms with Gasteiger partial charge in [0.15, 0.2) is 11.3 Å². The number of fused-ring (bicyclic) bond motifs is 3. The number of rotatable bonds is 2. The van der Waals surface area contributed by atoms with Crippen molar-refractivity contribution in [3.8, 4) is 16.9 Å². The molecule has 0 aliphatic heterocycles. The van der Waals surface area contributed by atoms with Gasteiger partial charge < -0.3 is 8.94 Å². The Morgan fingerprint density at radius 1 is 1.06 bits per heavy atom. The number of benzene rings is 1. The van der Waals surface area contributed by atoms with Gasteiger partial charge in [-0.1, -0.05) is 22.8 Å². The van der Waals surface area contributed by atoms with Crippen molar-refractivity contribution < 1.29 is 26.5 Å². The number of nitrogens with zero attached hydrogens (tertiary/aromatic N) is 4. The van der Waals surface area contributed by atoms with Crippen molar-refractivity contribution in [1.29, 1.82) is 0 Å². The Bertz CT molecular complexity index is 1500. The number of hydrogen-bond acceptors (Lipinski definition) is 6. The van der Waals surface area contributed by atoms with Crippen molar-refractivity contribution in [1.82, 2.24) is 19.9 Å². The lowest BCUT2D eigenvalue weighted by Crippen LogP contribution is -2.13. The Morgan fingerprint density at radius 3 is 2.48 bits per heavy atom. The molecule has 0 radical (unpaired) electrons. The summed E-state index contributed by atoms with van der Waals surface area (Å²) < 4.78 is 67.2. The molecule has 0 aliphatic carbocycles. The quantitative estimate of drug-likeness (QED) is 0.352. The Morgan fingerprint density at radius 2 is 1.81 bits per heavy atom.